The molecule has 5 nitrogen and oxygen atoms in total. The van der Waals surface area contributed by atoms with Gasteiger partial charge < -0.3 is 0 Å². The third kappa shape index (κ3) is 4.95. The molecule has 0 fully saturated rings. The van der Waals surface area contributed by atoms with E-state index in [0.29, 0.717) is 0 Å². The van der Waals surface area contributed by atoms with E-state index in [-0.39, 0.29) is 12.0 Å². The molecular formula is C16H23IO5. The van der Waals surface area contributed by atoms with Crippen molar-refractivity contribution in [3.05, 3.63) is 32.9 Å². The molecule has 0 bridgehead atoms. The van der Waals surface area contributed by atoms with E-state index >= 15 is 0 Å². The summed E-state index contributed by atoms with van der Waals surface area (Å²) >= 11 is -2.90. The van der Waals surface area contributed by atoms with Gasteiger partial charge in [-0.25, -0.2) is 0 Å². The van der Waals surface area contributed by atoms with Crippen molar-refractivity contribution in [3.63, 3.8) is 0 Å². The van der Waals surface area contributed by atoms with Crippen LogP contribution in [0.1, 0.15) is 57.8 Å². The van der Waals surface area contributed by atoms with E-state index in [1.165, 1.54) is 13.8 Å². The standard InChI is InChI=1S/C16H23IO5/c1-10(2)14-8-7-9-15(11(3)20-6)16(14)17(21-12(4)18)22-13(5)19/h7-11H,1-6H3/t11-/m0/s1. The summed E-state index contributed by atoms with van der Waals surface area (Å²) in [6.07, 6.45) is -0.181. The number of rotatable bonds is 6. The summed E-state index contributed by atoms with van der Waals surface area (Å²) in [5.74, 6) is -0.674. The van der Waals surface area contributed by atoms with Gasteiger partial charge in [-0.1, -0.05) is 0 Å². The predicted molar refractivity (Wildman–Crippen MR) is 92.2 cm³/mol. The number of benzene rings is 1. The summed E-state index contributed by atoms with van der Waals surface area (Å²) in [6, 6.07) is 5.84. The normalized spacial score (nSPS) is 12.8. The monoisotopic (exact) mass is 422 g/mol. The van der Waals surface area contributed by atoms with Gasteiger partial charge in [-0.05, 0) is 0 Å². The van der Waals surface area contributed by atoms with Crippen molar-refractivity contribution in [1.29, 1.82) is 0 Å². The Balaban J connectivity index is 3.47. The maximum absolute atomic E-state index is 11.4. The number of hydrogen-bond donors (Lipinski definition) is 0. The Hall–Kier alpha value is -1.15. The molecular weight excluding hydrogens is 399 g/mol. The van der Waals surface area contributed by atoms with Gasteiger partial charge >= 0.3 is 140 Å². The molecule has 0 heterocycles. The second-order valence-electron chi connectivity index (χ2n) is 5.14. The number of ether oxygens (including phenoxy) is 1. The molecule has 0 radical (unpaired) electrons. The number of methoxy groups -OCH3 is 1. The molecule has 6 heteroatoms. The van der Waals surface area contributed by atoms with E-state index in [4.69, 9.17) is 10.9 Å². The SMILES string of the molecule is CO[C@@H](C)c1cccc(C(C)C)c1I(OC(C)=O)OC(C)=O. The number of halogens is 1. The third-order valence-corrected chi connectivity index (χ3v) is 7.15. The summed E-state index contributed by atoms with van der Waals surface area (Å²) < 4.78 is 17.0. The zero-order valence-electron chi connectivity index (χ0n) is 13.8. The molecule has 124 valence electrons. The van der Waals surface area contributed by atoms with Crippen LogP contribution in [0.5, 0.6) is 0 Å². The molecule has 1 aromatic rings. The van der Waals surface area contributed by atoms with E-state index in [2.05, 4.69) is 13.8 Å². The fourth-order valence-corrected chi connectivity index (χ4v) is 6.02. The van der Waals surface area contributed by atoms with Gasteiger partial charge in [-0.15, -0.1) is 0 Å². The first-order chi connectivity index (χ1) is 10.3. The first kappa shape index (κ1) is 18.9. The van der Waals surface area contributed by atoms with Crippen LogP contribution >= 0.6 is 20.6 Å². The third-order valence-electron chi connectivity index (χ3n) is 2.98. The molecule has 0 spiro atoms. The summed E-state index contributed by atoms with van der Waals surface area (Å²) in [4.78, 5) is 22.9. The quantitative estimate of drug-likeness (QED) is 0.645. The molecule has 0 saturated heterocycles. The fraction of sp³-hybridized carbons (Fsp3) is 0.500. The molecule has 0 aliphatic carbocycles. The van der Waals surface area contributed by atoms with Gasteiger partial charge in [0.2, 0.25) is 0 Å². The average molecular weight is 422 g/mol. The summed E-state index contributed by atoms with van der Waals surface area (Å²) in [5.41, 5.74) is 1.93. The van der Waals surface area contributed by atoms with Crippen molar-refractivity contribution < 1.29 is 20.5 Å². The van der Waals surface area contributed by atoms with Gasteiger partial charge in [0.1, 0.15) is 0 Å². The van der Waals surface area contributed by atoms with Gasteiger partial charge in [0.05, 0.1) is 0 Å². The summed E-state index contributed by atoms with van der Waals surface area (Å²) in [7, 11) is 1.62. The van der Waals surface area contributed by atoms with Crippen molar-refractivity contribution in [2.24, 2.45) is 0 Å². The molecule has 0 N–H and O–H groups in total. The molecule has 0 aliphatic heterocycles. The average Bonchev–Trinajstić information content (AvgIpc) is 2.43. The molecule has 22 heavy (non-hydrogen) atoms. The number of carbonyl (C=O) groups excluding carboxylic acids is 2. The maximum atomic E-state index is 11.4. The zero-order valence-corrected chi connectivity index (χ0v) is 16.0. The van der Waals surface area contributed by atoms with E-state index in [0.717, 1.165) is 14.7 Å². The molecule has 1 rings (SSSR count). The first-order valence-corrected chi connectivity index (χ1v) is 9.85. The van der Waals surface area contributed by atoms with E-state index in [1.807, 2.05) is 25.1 Å². The minimum atomic E-state index is -2.90. The topological polar surface area (TPSA) is 61.8 Å². The minimum absolute atomic E-state index is 0.181. The zero-order chi connectivity index (χ0) is 16.9. The Morgan fingerprint density at radius 1 is 1.00 bits per heavy atom. The second-order valence-corrected chi connectivity index (χ2v) is 8.34. The molecule has 0 saturated carbocycles. The molecule has 0 aliphatic rings. The van der Waals surface area contributed by atoms with Gasteiger partial charge in [-0.2, -0.15) is 0 Å². The van der Waals surface area contributed by atoms with Crippen molar-refractivity contribution in [2.75, 3.05) is 7.11 Å². The number of hydrogen-bond acceptors (Lipinski definition) is 5. The van der Waals surface area contributed by atoms with Crippen LogP contribution in [0.25, 0.3) is 0 Å². The first-order valence-electron chi connectivity index (χ1n) is 7.01. The van der Waals surface area contributed by atoms with Crippen LogP contribution < -0.4 is 0 Å². The molecule has 1 aromatic carbocycles. The van der Waals surface area contributed by atoms with Crippen LogP contribution in [-0.4, -0.2) is 19.0 Å². The second kappa shape index (κ2) is 8.47. The van der Waals surface area contributed by atoms with Crippen molar-refractivity contribution in [2.45, 2.75) is 46.6 Å². The molecule has 0 unspecified atom stereocenters. The Morgan fingerprint density at radius 3 is 1.91 bits per heavy atom. The molecule has 0 amide bonds. The van der Waals surface area contributed by atoms with E-state index in [9.17, 15) is 9.59 Å². The summed E-state index contributed by atoms with van der Waals surface area (Å²) in [5, 5.41) is 0. The molecule has 1 atom stereocenters. The van der Waals surface area contributed by atoms with Crippen molar-refractivity contribution in [3.8, 4) is 0 Å². The van der Waals surface area contributed by atoms with Crippen LogP contribution in [-0.2, 0) is 20.5 Å². The Morgan fingerprint density at radius 2 is 1.50 bits per heavy atom. The number of carbonyl (C=O) groups is 2. The summed E-state index contributed by atoms with van der Waals surface area (Å²) in [6.45, 7) is 8.67. The van der Waals surface area contributed by atoms with Crippen LogP contribution in [0.3, 0.4) is 0 Å². The van der Waals surface area contributed by atoms with Crippen LogP contribution in [0.4, 0.5) is 0 Å². The Kier molecular flexibility index (Phi) is 7.28. The van der Waals surface area contributed by atoms with Crippen LogP contribution in [0.15, 0.2) is 18.2 Å². The van der Waals surface area contributed by atoms with Gasteiger partial charge in [0, 0.05) is 0 Å². The van der Waals surface area contributed by atoms with Gasteiger partial charge in [0.25, 0.3) is 0 Å². The van der Waals surface area contributed by atoms with E-state index in [1.54, 1.807) is 7.11 Å². The van der Waals surface area contributed by atoms with Crippen molar-refractivity contribution >= 4 is 32.6 Å². The van der Waals surface area contributed by atoms with Gasteiger partial charge in [0.15, 0.2) is 0 Å². The van der Waals surface area contributed by atoms with E-state index < -0.39 is 32.6 Å². The Bertz CT molecular complexity index is 525. The van der Waals surface area contributed by atoms with Gasteiger partial charge in [-0.3, -0.25) is 0 Å². The molecule has 0 aromatic heterocycles. The van der Waals surface area contributed by atoms with Crippen LogP contribution in [0, 0.1) is 3.57 Å². The fourth-order valence-electron chi connectivity index (χ4n) is 1.92. The Labute approximate surface area is 139 Å². The predicted octanol–water partition coefficient (Wildman–Crippen LogP) is 4.15. The van der Waals surface area contributed by atoms with Crippen molar-refractivity contribution in [1.82, 2.24) is 0 Å². The van der Waals surface area contributed by atoms with Crippen LogP contribution in [0.2, 0.25) is 0 Å².